The van der Waals surface area contributed by atoms with E-state index in [1.165, 1.54) is 36.4 Å². The van der Waals surface area contributed by atoms with Crippen molar-refractivity contribution >= 4 is 38.4 Å². The largest absolute Gasteiger partial charge is 0.481 e. The first-order valence-corrected chi connectivity index (χ1v) is 10.2. The summed E-state index contributed by atoms with van der Waals surface area (Å²) in [6.45, 7) is 0. The highest BCUT2D eigenvalue weighted by Gasteiger charge is 2.31. The molecule has 0 heterocycles. The molecule has 3 aromatic rings. The molecule has 0 aromatic heterocycles. The summed E-state index contributed by atoms with van der Waals surface area (Å²) in [5.41, 5.74) is 0.152. The molecular formula is C20H16N2O7S. The molecule has 1 amide bonds. The van der Waals surface area contributed by atoms with Crippen LogP contribution in [0.2, 0.25) is 0 Å². The van der Waals surface area contributed by atoms with E-state index < -0.39 is 32.7 Å². The molecule has 0 spiro atoms. The van der Waals surface area contributed by atoms with Gasteiger partial charge in [0.2, 0.25) is 5.91 Å². The standard InChI is InChI=1S/C20H16N2O7S/c23-19(17(20(24)25)12-13-8-10-15(11-9-13)22(26)27)21-30(28,29)18-7-3-5-14-4-1-2-6-16(14)18/h1-11,17H,12H2,(H,21,23)(H,24,25). The number of benzene rings is 3. The van der Waals surface area contributed by atoms with Crippen molar-refractivity contribution in [3.05, 3.63) is 82.4 Å². The van der Waals surface area contributed by atoms with Gasteiger partial charge in [-0.05, 0) is 23.4 Å². The van der Waals surface area contributed by atoms with Crippen molar-refractivity contribution in [1.82, 2.24) is 4.72 Å². The van der Waals surface area contributed by atoms with Crippen LogP contribution in [-0.4, -0.2) is 30.3 Å². The number of aliphatic carboxylic acids is 1. The summed E-state index contributed by atoms with van der Waals surface area (Å²) in [5, 5.41) is 21.2. The number of carboxylic acids is 1. The normalized spacial score (nSPS) is 12.3. The molecule has 3 aromatic carbocycles. The van der Waals surface area contributed by atoms with Gasteiger partial charge in [-0.15, -0.1) is 0 Å². The lowest BCUT2D eigenvalue weighted by Crippen LogP contribution is -2.40. The SMILES string of the molecule is O=C(O)C(Cc1ccc([N+](=O)[O-])cc1)C(=O)NS(=O)(=O)c1cccc2ccccc12. The van der Waals surface area contributed by atoms with Gasteiger partial charge in [-0.1, -0.05) is 48.5 Å². The molecule has 0 saturated heterocycles. The number of amides is 1. The number of nitro groups is 1. The number of sulfonamides is 1. The van der Waals surface area contributed by atoms with Crippen molar-refractivity contribution in [1.29, 1.82) is 0 Å². The molecule has 0 saturated carbocycles. The lowest BCUT2D eigenvalue weighted by atomic mass is 9.99. The van der Waals surface area contributed by atoms with Gasteiger partial charge in [0.1, 0.15) is 5.92 Å². The summed E-state index contributed by atoms with van der Waals surface area (Å²) in [6.07, 6.45) is -0.329. The quantitative estimate of drug-likeness (QED) is 0.334. The number of hydrogen-bond donors (Lipinski definition) is 2. The van der Waals surface area contributed by atoms with E-state index in [-0.39, 0.29) is 17.0 Å². The van der Waals surface area contributed by atoms with Gasteiger partial charge >= 0.3 is 5.97 Å². The van der Waals surface area contributed by atoms with Crippen molar-refractivity contribution in [2.75, 3.05) is 0 Å². The molecule has 0 aliphatic heterocycles. The second-order valence-corrected chi connectivity index (χ2v) is 8.12. The van der Waals surface area contributed by atoms with Gasteiger partial charge in [0, 0.05) is 17.5 Å². The monoisotopic (exact) mass is 428 g/mol. The van der Waals surface area contributed by atoms with E-state index >= 15 is 0 Å². The number of nitrogens with zero attached hydrogens (tertiary/aromatic N) is 1. The second-order valence-electron chi connectivity index (χ2n) is 6.47. The predicted octanol–water partition coefficient (Wildman–Crippen LogP) is 2.50. The maximum Gasteiger partial charge on any atom is 0.316 e. The molecule has 154 valence electrons. The lowest BCUT2D eigenvalue weighted by Gasteiger charge is -2.14. The number of non-ortho nitro benzene ring substituents is 1. The minimum Gasteiger partial charge on any atom is -0.481 e. The number of rotatable bonds is 7. The second kappa shape index (κ2) is 8.29. The Morgan fingerprint density at radius 1 is 1.00 bits per heavy atom. The van der Waals surface area contributed by atoms with Crippen LogP contribution >= 0.6 is 0 Å². The van der Waals surface area contributed by atoms with Gasteiger partial charge in [-0.2, -0.15) is 0 Å². The molecule has 30 heavy (non-hydrogen) atoms. The summed E-state index contributed by atoms with van der Waals surface area (Å²) >= 11 is 0. The number of carboxylic acid groups (broad SMARTS) is 1. The first-order chi connectivity index (χ1) is 14.2. The molecule has 0 aliphatic carbocycles. The van der Waals surface area contributed by atoms with E-state index in [1.54, 1.807) is 30.3 Å². The third-order valence-corrected chi connectivity index (χ3v) is 5.88. The van der Waals surface area contributed by atoms with E-state index in [2.05, 4.69) is 0 Å². The number of carbonyl (C=O) groups is 2. The van der Waals surface area contributed by atoms with Gasteiger partial charge in [-0.25, -0.2) is 13.1 Å². The Hall–Kier alpha value is -3.79. The zero-order chi connectivity index (χ0) is 21.9. The average molecular weight is 428 g/mol. The lowest BCUT2D eigenvalue weighted by molar-refractivity contribution is -0.384. The summed E-state index contributed by atoms with van der Waals surface area (Å²) in [4.78, 5) is 34.1. The zero-order valence-corrected chi connectivity index (χ0v) is 16.2. The van der Waals surface area contributed by atoms with Crippen molar-refractivity contribution in [3.63, 3.8) is 0 Å². The summed E-state index contributed by atoms with van der Waals surface area (Å²) in [6, 6.07) is 16.2. The van der Waals surface area contributed by atoms with Crippen molar-refractivity contribution in [2.45, 2.75) is 11.3 Å². The minimum absolute atomic E-state index is 0.145. The maximum absolute atomic E-state index is 12.8. The van der Waals surface area contributed by atoms with Gasteiger partial charge in [0.25, 0.3) is 15.7 Å². The topological polar surface area (TPSA) is 144 Å². The van der Waals surface area contributed by atoms with E-state index in [9.17, 15) is 33.2 Å². The van der Waals surface area contributed by atoms with Crippen LogP contribution in [0.25, 0.3) is 10.8 Å². The molecule has 1 unspecified atom stereocenters. The molecule has 10 heteroatoms. The van der Waals surface area contributed by atoms with E-state index in [0.717, 1.165) is 0 Å². The smallest absolute Gasteiger partial charge is 0.316 e. The highest BCUT2D eigenvalue weighted by Crippen LogP contribution is 2.23. The van der Waals surface area contributed by atoms with Crippen LogP contribution in [0.5, 0.6) is 0 Å². The number of nitro benzene ring substituents is 1. The van der Waals surface area contributed by atoms with E-state index in [4.69, 9.17) is 0 Å². The van der Waals surface area contributed by atoms with Crippen LogP contribution in [0.15, 0.2) is 71.6 Å². The fourth-order valence-electron chi connectivity index (χ4n) is 2.97. The molecule has 2 N–H and O–H groups in total. The molecule has 0 aliphatic rings. The average Bonchev–Trinajstić information content (AvgIpc) is 2.71. The third-order valence-electron chi connectivity index (χ3n) is 4.48. The maximum atomic E-state index is 12.8. The highest BCUT2D eigenvalue weighted by molar-refractivity contribution is 7.90. The van der Waals surface area contributed by atoms with Crippen LogP contribution < -0.4 is 4.72 Å². The summed E-state index contributed by atoms with van der Waals surface area (Å²) in [5.74, 6) is -4.41. The molecule has 3 rings (SSSR count). The van der Waals surface area contributed by atoms with Crippen LogP contribution in [0, 0.1) is 16.0 Å². The molecule has 0 bridgehead atoms. The van der Waals surface area contributed by atoms with Gasteiger partial charge in [-0.3, -0.25) is 19.7 Å². The molecule has 0 radical (unpaired) electrons. The molecule has 0 fully saturated rings. The van der Waals surface area contributed by atoms with Gasteiger partial charge in [0.05, 0.1) is 9.82 Å². The summed E-state index contributed by atoms with van der Waals surface area (Å²) in [7, 11) is -4.33. The van der Waals surface area contributed by atoms with Gasteiger partial charge in [0.15, 0.2) is 0 Å². The fourth-order valence-corrected chi connectivity index (χ4v) is 4.22. The fraction of sp³-hybridized carbons (Fsp3) is 0.100. The van der Waals surface area contributed by atoms with Crippen molar-refractivity contribution < 1.29 is 28.0 Å². The number of fused-ring (bicyclic) bond motifs is 1. The number of nitrogens with one attached hydrogen (secondary N) is 1. The first kappa shape index (κ1) is 20.9. The predicted molar refractivity (Wildman–Crippen MR) is 107 cm³/mol. The molecule has 9 nitrogen and oxygen atoms in total. The van der Waals surface area contributed by atoms with E-state index in [1.807, 2.05) is 4.72 Å². The van der Waals surface area contributed by atoms with E-state index in [0.29, 0.717) is 16.3 Å². The number of carbonyl (C=O) groups excluding carboxylic acids is 1. The summed E-state index contributed by atoms with van der Waals surface area (Å²) < 4.78 is 27.4. The Kier molecular flexibility index (Phi) is 5.79. The Bertz CT molecular complexity index is 1230. The van der Waals surface area contributed by atoms with Crippen LogP contribution in [0.1, 0.15) is 5.56 Å². The van der Waals surface area contributed by atoms with Gasteiger partial charge < -0.3 is 5.11 Å². The molecule has 1 atom stereocenters. The van der Waals surface area contributed by atoms with Crippen LogP contribution in [0.4, 0.5) is 5.69 Å². The number of hydrogen-bond acceptors (Lipinski definition) is 6. The van der Waals surface area contributed by atoms with Crippen molar-refractivity contribution in [3.8, 4) is 0 Å². The molecular weight excluding hydrogens is 412 g/mol. The Morgan fingerprint density at radius 3 is 2.27 bits per heavy atom. The minimum atomic E-state index is -4.33. The van der Waals surface area contributed by atoms with Crippen LogP contribution in [0.3, 0.4) is 0 Å². The third kappa shape index (κ3) is 4.44. The first-order valence-electron chi connectivity index (χ1n) is 8.69. The van der Waals surface area contributed by atoms with Crippen molar-refractivity contribution in [2.24, 2.45) is 5.92 Å². The zero-order valence-electron chi connectivity index (χ0n) is 15.4. The highest BCUT2D eigenvalue weighted by atomic mass is 32.2. The Balaban J connectivity index is 1.85. The Morgan fingerprint density at radius 2 is 1.63 bits per heavy atom. The Labute approximate surface area is 171 Å². The van der Waals surface area contributed by atoms with Crippen LogP contribution in [-0.2, 0) is 26.0 Å².